The second-order valence-corrected chi connectivity index (χ2v) is 6.15. The largest absolute Gasteiger partial charge is 0.215 e. The summed E-state index contributed by atoms with van der Waals surface area (Å²) >= 11 is 0. The molecule has 0 aromatic heterocycles. The summed E-state index contributed by atoms with van der Waals surface area (Å²) in [6.45, 7) is 5.64. The van der Waals surface area contributed by atoms with E-state index in [4.69, 9.17) is 5.26 Å². The Balaban J connectivity index is 4.68. The predicted octanol–water partition coefficient (Wildman–Crippen LogP) is 1.60. The highest BCUT2D eigenvalue weighted by Crippen LogP contribution is 2.13. The molecule has 88 valence electrons. The lowest BCUT2D eigenvalue weighted by Gasteiger charge is -2.24. The molecule has 1 atom stereocenters. The quantitative estimate of drug-likeness (QED) is 0.698. The van der Waals surface area contributed by atoms with E-state index in [0.717, 1.165) is 6.42 Å². The van der Waals surface area contributed by atoms with Crippen LogP contribution in [0.2, 0.25) is 0 Å². The first-order valence-corrected chi connectivity index (χ1v) is 6.83. The highest BCUT2D eigenvalue weighted by Gasteiger charge is 2.27. The molecule has 0 N–H and O–H groups in total. The van der Waals surface area contributed by atoms with Crippen molar-refractivity contribution in [2.24, 2.45) is 5.92 Å². The zero-order valence-electron chi connectivity index (χ0n) is 9.90. The number of unbranched alkanes of at least 4 members (excludes halogenated alkanes) is 1. The van der Waals surface area contributed by atoms with Gasteiger partial charge in [0.15, 0.2) is 0 Å². The van der Waals surface area contributed by atoms with Crippen LogP contribution in [0.3, 0.4) is 0 Å². The van der Waals surface area contributed by atoms with Crippen LogP contribution in [0.1, 0.15) is 33.6 Å². The molecule has 0 radical (unpaired) electrons. The van der Waals surface area contributed by atoms with Gasteiger partial charge in [-0.2, -0.15) is 9.57 Å². The van der Waals surface area contributed by atoms with Gasteiger partial charge in [-0.25, -0.2) is 8.42 Å². The van der Waals surface area contributed by atoms with E-state index in [9.17, 15) is 8.42 Å². The molecule has 5 heteroatoms. The number of sulfonamides is 1. The number of hydrogen-bond donors (Lipinski definition) is 0. The second kappa shape index (κ2) is 6.09. The van der Waals surface area contributed by atoms with Gasteiger partial charge in [0.25, 0.3) is 0 Å². The normalized spacial score (nSPS) is 14.2. The summed E-state index contributed by atoms with van der Waals surface area (Å²) in [7, 11) is -1.78. The number of hydrogen-bond acceptors (Lipinski definition) is 3. The van der Waals surface area contributed by atoms with Crippen LogP contribution in [-0.2, 0) is 10.0 Å². The van der Waals surface area contributed by atoms with Crippen LogP contribution >= 0.6 is 0 Å². The molecule has 0 aromatic carbocycles. The van der Waals surface area contributed by atoms with Crippen molar-refractivity contribution >= 4 is 10.0 Å². The van der Waals surface area contributed by atoms with Crippen molar-refractivity contribution < 1.29 is 8.42 Å². The molecule has 0 saturated heterocycles. The molecular weight excluding hydrogens is 212 g/mol. The van der Waals surface area contributed by atoms with E-state index in [1.807, 2.05) is 26.8 Å². The molecular formula is C10H20N2O2S. The van der Waals surface area contributed by atoms with Gasteiger partial charge in [0.2, 0.25) is 10.0 Å². The number of rotatable bonds is 6. The fourth-order valence-electron chi connectivity index (χ4n) is 1.29. The fourth-order valence-corrected chi connectivity index (χ4v) is 2.87. The minimum Gasteiger partial charge on any atom is -0.212 e. The predicted molar refractivity (Wildman–Crippen MR) is 60.7 cm³/mol. The summed E-state index contributed by atoms with van der Waals surface area (Å²) in [6.07, 6.45) is 1.48. The van der Waals surface area contributed by atoms with E-state index in [-0.39, 0.29) is 11.7 Å². The molecule has 0 amide bonds. The molecule has 4 nitrogen and oxygen atoms in total. The summed E-state index contributed by atoms with van der Waals surface area (Å²) in [6, 6.07) is 1.47. The topological polar surface area (TPSA) is 61.2 Å². The van der Waals surface area contributed by atoms with E-state index in [2.05, 4.69) is 0 Å². The Morgan fingerprint density at radius 3 is 2.27 bits per heavy atom. The zero-order chi connectivity index (χ0) is 12.1. The molecule has 0 aliphatic heterocycles. The maximum atomic E-state index is 11.8. The van der Waals surface area contributed by atoms with Crippen LogP contribution in [-0.4, -0.2) is 31.6 Å². The second-order valence-electron chi connectivity index (χ2n) is 4.00. The Bertz CT molecular complexity index is 317. The Morgan fingerprint density at radius 2 is 1.93 bits per heavy atom. The third-order valence-corrected chi connectivity index (χ3v) is 4.26. The van der Waals surface area contributed by atoms with Gasteiger partial charge in [-0.1, -0.05) is 27.2 Å². The standard InChI is InChI=1S/C10H20N2O2S/c1-5-6-7-15(13,14)12(4)10(8-11)9(2)3/h9-10H,5-7H2,1-4H3. The summed E-state index contributed by atoms with van der Waals surface area (Å²) in [5, 5.41) is 8.90. The Kier molecular flexibility index (Phi) is 5.84. The van der Waals surface area contributed by atoms with E-state index in [1.165, 1.54) is 11.4 Å². The molecule has 15 heavy (non-hydrogen) atoms. The SMILES string of the molecule is CCCCS(=O)(=O)N(C)C(C#N)C(C)C. The molecule has 0 aliphatic rings. The lowest BCUT2D eigenvalue weighted by molar-refractivity contribution is 0.352. The first-order chi connectivity index (χ1) is 6.86. The fraction of sp³-hybridized carbons (Fsp3) is 0.900. The van der Waals surface area contributed by atoms with Crippen molar-refractivity contribution in [2.75, 3.05) is 12.8 Å². The molecule has 1 unspecified atom stereocenters. The van der Waals surface area contributed by atoms with Crippen molar-refractivity contribution in [1.29, 1.82) is 5.26 Å². The van der Waals surface area contributed by atoms with E-state index in [0.29, 0.717) is 6.42 Å². The van der Waals surface area contributed by atoms with Crippen LogP contribution in [0.5, 0.6) is 0 Å². The average Bonchev–Trinajstić information content (AvgIpc) is 2.15. The smallest absolute Gasteiger partial charge is 0.212 e. The summed E-state index contributed by atoms with van der Waals surface area (Å²) in [4.78, 5) is 0. The Labute approximate surface area is 92.9 Å². The zero-order valence-corrected chi connectivity index (χ0v) is 10.7. The van der Waals surface area contributed by atoms with Gasteiger partial charge in [0.1, 0.15) is 6.04 Å². The minimum absolute atomic E-state index is 0.0106. The summed E-state index contributed by atoms with van der Waals surface area (Å²) in [5.74, 6) is 0.140. The van der Waals surface area contributed by atoms with Crippen molar-refractivity contribution in [2.45, 2.75) is 39.7 Å². The van der Waals surface area contributed by atoms with Gasteiger partial charge < -0.3 is 0 Å². The monoisotopic (exact) mass is 232 g/mol. The molecule has 0 fully saturated rings. The molecule has 0 bridgehead atoms. The third-order valence-electron chi connectivity index (χ3n) is 2.35. The number of nitriles is 1. The first-order valence-electron chi connectivity index (χ1n) is 5.22. The maximum Gasteiger partial charge on any atom is 0.215 e. The Hall–Kier alpha value is -0.600. The van der Waals surface area contributed by atoms with Crippen molar-refractivity contribution in [3.63, 3.8) is 0 Å². The lowest BCUT2D eigenvalue weighted by Crippen LogP contribution is -2.40. The van der Waals surface area contributed by atoms with Crippen molar-refractivity contribution in [3.05, 3.63) is 0 Å². The molecule has 0 rings (SSSR count). The summed E-state index contributed by atoms with van der Waals surface area (Å²) < 4.78 is 24.7. The highest BCUT2D eigenvalue weighted by atomic mass is 32.2. The lowest BCUT2D eigenvalue weighted by atomic mass is 10.1. The van der Waals surface area contributed by atoms with Gasteiger partial charge in [-0.15, -0.1) is 0 Å². The van der Waals surface area contributed by atoms with Gasteiger partial charge in [-0.05, 0) is 12.3 Å². The van der Waals surface area contributed by atoms with E-state index < -0.39 is 16.1 Å². The number of nitrogens with zero attached hydrogens (tertiary/aromatic N) is 2. The van der Waals surface area contributed by atoms with Crippen LogP contribution in [0, 0.1) is 17.2 Å². The molecule has 0 saturated carbocycles. The van der Waals surface area contributed by atoms with Crippen molar-refractivity contribution in [3.8, 4) is 6.07 Å². The average molecular weight is 232 g/mol. The highest BCUT2D eigenvalue weighted by molar-refractivity contribution is 7.89. The van der Waals surface area contributed by atoms with Crippen LogP contribution in [0.4, 0.5) is 0 Å². The van der Waals surface area contributed by atoms with E-state index in [1.54, 1.807) is 0 Å². The molecule has 0 aliphatic carbocycles. The third kappa shape index (κ3) is 4.18. The Morgan fingerprint density at radius 1 is 1.40 bits per heavy atom. The van der Waals surface area contributed by atoms with Crippen molar-refractivity contribution in [1.82, 2.24) is 4.31 Å². The van der Waals surface area contributed by atoms with Gasteiger partial charge in [-0.3, -0.25) is 0 Å². The molecule has 0 spiro atoms. The minimum atomic E-state index is -3.27. The molecule has 0 aromatic rings. The van der Waals surface area contributed by atoms with Crippen LogP contribution in [0.15, 0.2) is 0 Å². The van der Waals surface area contributed by atoms with E-state index >= 15 is 0 Å². The maximum absolute atomic E-state index is 11.8. The van der Waals surface area contributed by atoms with Gasteiger partial charge in [0, 0.05) is 7.05 Å². The van der Waals surface area contributed by atoms with Crippen LogP contribution in [0.25, 0.3) is 0 Å². The molecule has 0 heterocycles. The van der Waals surface area contributed by atoms with Crippen LogP contribution < -0.4 is 0 Å². The van der Waals surface area contributed by atoms with Gasteiger partial charge in [0.05, 0.1) is 11.8 Å². The first kappa shape index (κ1) is 14.4. The van der Waals surface area contributed by atoms with Gasteiger partial charge >= 0.3 is 0 Å². The summed E-state index contributed by atoms with van der Waals surface area (Å²) in [5.41, 5.74) is 0.